The first-order valence-corrected chi connectivity index (χ1v) is 7.81. The van der Waals surface area contributed by atoms with E-state index in [1.165, 1.54) is 12.1 Å². The van der Waals surface area contributed by atoms with Crippen LogP contribution in [0, 0.1) is 10.1 Å². The third-order valence-corrected chi connectivity index (χ3v) is 3.44. The minimum absolute atomic E-state index is 0.0191. The second-order valence-corrected chi connectivity index (χ2v) is 7.81. The summed E-state index contributed by atoms with van der Waals surface area (Å²) < 4.78 is 0. The molecule has 2 rings (SSSR count). The molecule has 0 aliphatic carbocycles. The lowest BCUT2D eigenvalue weighted by Crippen LogP contribution is -2.46. The summed E-state index contributed by atoms with van der Waals surface area (Å²) in [5, 5.41) is 10.8. The van der Waals surface area contributed by atoms with Gasteiger partial charge < -0.3 is 0 Å². The normalized spacial score (nSPS) is 17.4. The number of amidine groups is 1. The summed E-state index contributed by atoms with van der Waals surface area (Å²) in [6, 6.07) is 6.19. The number of hydrogen-bond acceptors (Lipinski definition) is 4. The Hall–Kier alpha value is -2.50. The van der Waals surface area contributed by atoms with E-state index >= 15 is 0 Å². The fourth-order valence-electron chi connectivity index (χ4n) is 2.53. The first kappa shape index (κ1) is 17.8. The van der Waals surface area contributed by atoms with Crippen molar-refractivity contribution >= 4 is 23.0 Å². The SMILES string of the molecule is CC(C)(C)N=C1C(c2ccc([N+](=O)[O-])cc2)=CC(=O)N1C(C)(C)C. The highest BCUT2D eigenvalue weighted by Crippen LogP contribution is 2.32. The van der Waals surface area contributed by atoms with Crippen molar-refractivity contribution in [2.75, 3.05) is 0 Å². The minimum atomic E-state index is -0.441. The Morgan fingerprint density at radius 3 is 2.00 bits per heavy atom. The summed E-state index contributed by atoms with van der Waals surface area (Å²) in [6.45, 7) is 11.8. The predicted molar refractivity (Wildman–Crippen MR) is 94.9 cm³/mol. The molecule has 0 spiro atoms. The largest absolute Gasteiger partial charge is 0.288 e. The predicted octanol–water partition coefficient (Wildman–Crippen LogP) is 3.82. The van der Waals surface area contributed by atoms with Crippen LogP contribution in [0.5, 0.6) is 0 Å². The molecule has 128 valence electrons. The Bertz CT molecular complexity index is 732. The van der Waals surface area contributed by atoms with Gasteiger partial charge in [0, 0.05) is 29.3 Å². The maximum atomic E-state index is 12.5. The molecule has 1 aromatic rings. The fourth-order valence-corrected chi connectivity index (χ4v) is 2.53. The maximum Gasteiger partial charge on any atom is 0.269 e. The van der Waals surface area contributed by atoms with E-state index < -0.39 is 10.5 Å². The Morgan fingerprint density at radius 1 is 1.04 bits per heavy atom. The van der Waals surface area contributed by atoms with Crippen LogP contribution in [-0.2, 0) is 4.79 Å². The highest BCUT2D eigenvalue weighted by molar-refractivity contribution is 6.36. The molecular weight excluding hydrogens is 306 g/mol. The summed E-state index contributed by atoms with van der Waals surface area (Å²) >= 11 is 0. The van der Waals surface area contributed by atoms with Crippen LogP contribution in [0.15, 0.2) is 35.3 Å². The zero-order chi connectivity index (χ0) is 18.3. The number of nitrogens with zero attached hydrogens (tertiary/aromatic N) is 3. The van der Waals surface area contributed by atoms with Crippen LogP contribution in [0.2, 0.25) is 0 Å². The number of hydrogen-bond donors (Lipinski definition) is 0. The molecule has 0 saturated heterocycles. The zero-order valence-electron chi connectivity index (χ0n) is 15.0. The molecule has 1 heterocycles. The standard InChI is InChI=1S/C18H23N3O3/c1-17(2,3)19-16-14(11-15(22)20(16)18(4,5)6)12-7-9-13(10-8-12)21(23)24/h7-11H,1-6H3. The third kappa shape index (κ3) is 3.69. The summed E-state index contributed by atoms with van der Waals surface area (Å²) in [5.41, 5.74) is 0.679. The highest BCUT2D eigenvalue weighted by Gasteiger charge is 2.38. The van der Waals surface area contributed by atoms with Crippen molar-refractivity contribution in [1.29, 1.82) is 0 Å². The molecule has 0 radical (unpaired) electrons. The zero-order valence-corrected chi connectivity index (χ0v) is 15.0. The van der Waals surface area contributed by atoms with E-state index in [1.54, 1.807) is 23.1 Å². The van der Waals surface area contributed by atoms with Gasteiger partial charge in [0.1, 0.15) is 5.84 Å². The molecule has 1 aromatic carbocycles. The van der Waals surface area contributed by atoms with Gasteiger partial charge in [-0.15, -0.1) is 0 Å². The molecule has 0 saturated carbocycles. The lowest BCUT2D eigenvalue weighted by atomic mass is 10.0. The van der Waals surface area contributed by atoms with E-state index in [4.69, 9.17) is 4.99 Å². The minimum Gasteiger partial charge on any atom is -0.288 e. The van der Waals surface area contributed by atoms with E-state index in [2.05, 4.69) is 0 Å². The molecule has 1 aliphatic rings. The smallest absolute Gasteiger partial charge is 0.269 e. The van der Waals surface area contributed by atoms with Crippen molar-refractivity contribution in [3.63, 3.8) is 0 Å². The number of nitro groups is 1. The van der Waals surface area contributed by atoms with Crippen molar-refractivity contribution in [2.24, 2.45) is 4.99 Å². The third-order valence-electron chi connectivity index (χ3n) is 3.44. The van der Waals surface area contributed by atoms with Crippen LogP contribution >= 0.6 is 0 Å². The summed E-state index contributed by atoms with van der Waals surface area (Å²) in [5.74, 6) is 0.479. The monoisotopic (exact) mass is 329 g/mol. The number of carbonyl (C=O) groups is 1. The lowest BCUT2D eigenvalue weighted by molar-refractivity contribution is -0.384. The Balaban J connectivity index is 2.55. The molecule has 6 heteroatoms. The average molecular weight is 329 g/mol. The quantitative estimate of drug-likeness (QED) is 0.611. The summed E-state index contributed by atoms with van der Waals surface area (Å²) in [4.78, 5) is 29.3. The number of benzene rings is 1. The van der Waals surface area contributed by atoms with Gasteiger partial charge in [0.25, 0.3) is 11.6 Å². The molecule has 1 amide bonds. The number of nitro benzene ring substituents is 1. The van der Waals surface area contributed by atoms with E-state index in [9.17, 15) is 14.9 Å². The van der Waals surface area contributed by atoms with Crippen LogP contribution < -0.4 is 0 Å². The Kier molecular flexibility index (Phi) is 4.35. The molecule has 0 fully saturated rings. The van der Waals surface area contributed by atoms with Crippen LogP contribution in [0.4, 0.5) is 5.69 Å². The number of non-ortho nitro benzene ring substituents is 1. The summed E-state index contributed by atoms with van der Waals surface area (Å²) in [6.07, 6.45) is 1.55. The summed E-state index contributed by atoms with van der Waals surface area (Å²) in [7, 11) is 0. The van der Waals surface area contributed by atoms with Gasteiger partial charge in [0.15, 0.2) is 0 Å². The highest BCUT2D eigenvalue weighted by atomic mass is 16.6. The molecule has 24 heavy (non-hydrogen) atoms. The molecular formula is C18H23N3O3. The number of aliphatic imine (C=N–C) groups is 1. The van der Waals surface area contributed by atoms with Gasteiger partial charge in [0.2, 0.25) is 0 Å². The number of amides is 1. The Labute approximate surface area is 142 Å². The molecule has 0 unspecified atom stereocenters. The van der Waals surface area contributed by atoms with Gasteiger partial charge in [-0.3, -0.25) is 24.8 Å². The molecule has 0 bridgehead atoms. The lowest BCUT2D eigenvalue weighted by Gasteiger charge is -2.34. The molecule has 0 N–H and O–H groups in total. The van der Waals surface area contributed by atoms with Crippen molar-refractivity contribution in [1.82, 2.24) is 4.90 Å². The molecule has 6 nitrogen and oxygen atoms in total. The van der Waals surface area contributed by atoms with Crippen LogP contribution in [0.3, 0.4) is 0 Å². The average Bonchev–Trinajstić information content (AvgIpc) is 2.73. The van der Waals surface area contributed by atoms with Gasteiger partial charge in [-0.25, -0.2) is 0 Å². The number of rotatable bonds is 2. The van der Waals surface area contributed by atoms with E-state index in [1.807, 2.05) is 41.5 Å². The topological polar surface area (TPSA) is 75.8 Å². The second kappa shape index (κ2) is 5.85. The fraction of sp³-hybridized carbons (Fsp3) is 0.444. The van der Waals surface area contributed by atoms with Crippen LogP contribution in [-0.4, -0.2) is 32.6 Å². The number of carbonyl (C=O) groups excluding carboxylic acids is 1. The second-order valence-electron chi connectivity index (χ2n) is 7.81. The van der Waals surface area contributed by atoms with Gasteiger partial charge in [0.05, 0.1) is 10.5 Å². The first-order chi connectivity index (χ1) is 10.9. The van der Waals surface area contributed by atoms with Gasteiger partial charge in [-0.05, 0) is 59.2 Å². The molecule has 1 aliphatic heterocycles. The van der Waals surface area contributed by atoms with E-state index in [0.29, 0.717) is 11.4 Å². The van der Waals surface area contributed by atoms with Gasteiger partial charge in [-0.2, -0.15) is 0 Å². The van der Waals surface area contributed by atoms with Crippen molar-refractivity contribution in [3.05, 3.63) is 46.0 Å². The van der Waals surface area contributed by atoms with E-state index in [0.717, 1.165) is 5.56 Å². The van der Waals surface area contributed by atoms with E-state index in [-0.39, 0.29) is 17.1 Å². The van der Waals surface area contributed by atoms with Gasteiger partial charge >= 0.3 is 0 Å². The molecule has 0 atom stereocenters. The maximum absolute atomic E-state index is 12.5. The van der Waals surface area contributed by atoms with Crippen molar-refractivity contribution < 1.29 is 9.72 Å². The Morgan fingerprint density at radius 2 is 1.58 bits per heavy atom. The van der Waals surface area contributed by atoms with Crippen LogP contribution in [0.25, 0.3) is 5.57 Å². The molecule has 0 aromatic heterocycles. The van der Waals surface area contributed by atoms with Gasteiger partial charge in [-0.1, -0.05) is 0 Å². The first-order valence-electron chi connectivity index (χ1n) is 7.81. The van der Waals surface area contributed by atoms with Crippen molar-refractivity contribution in [3.8, 4) is 0 Å². The van der Waals surface area contributed by atoms with Crippen LogP contribution in [0.1, 0.15) is 47.1 Å². The van der Waals surface area contributed by atoms with Crippen molar-refractivity contribution in [2.45, 2.75) is 52.6 Å².